The van der Waals surface area contributed by atoms with Crippen LogP contribution in [-0.4, -0.2) is 5.91 Å². The third-order valence-corrected chi connectivity index (χ3v) is 3.31. The SMILES string of the molecule is Cc1cc(C)c(NC(=O)c2cc(F)ccc2C)cc1N. The Labute approximate surface area is 117 Å². The third kappa shape index (κ3) is 2.79. The molecule has 0 heterocycles. The lowest BCUT2D eigenvalue weighted by Gasteiger charge is -2.12. The van der Waals surface area contributed by atoms with Crippen LogP contribution in [-0.2, 0) is 0 Å². The molecule has 0 aliphatic heterocycles. The number of nitrogens with one attached hydrogen (secondary N) is 1. The largest absolute Gasteiger partial charge is 0.398 e. The Balaban J connectivity index is 2.32. The molecule has 0 bridgehead atoms. The van der Waals surface area contributed by atoms with Gasteiger partial charge in [0.25, 0.3) is 5.91 Å². The average Bonchev–Trinajstić information content (AvgIpc) is 2.38. The lowest BCUT2D eigenvalue weighted by atomic mass is 10.1. The Bertz CT molecular complexity index is 680. The fraction of sp³-hybridized carbons (Fsp3) is 0.188. The van der Waals surface area contributed by atoms with E-state index >= 15 is 0 Å². The zero-order valence-corrected chi connectivity index (χ0v) is 11.8. The molecule has 0 saturated heterocycles. The molecule has 0 aromatic heterocycles. The van der Waals surface area contributed by atoms with Crippen molar-refractivity contribution < 1.29 is 9.18 Å². The number of halogens is 1. The number of anilines is 2. The molecule has 3 nitrogen and oxygen atoms in total. The smallest absolute Gasteiger partial charge is 0.256 e. The standard InChI is InChI=1S/C16H17FN2O/c1-9-4-5-12(17)7-13(9)16(20)19-15-8-14(18)10(2)6-11(15)3/h4-8H,18H2,1-3H3,(H,19,20). The molecule has 0 atom stereocenters. The second-order valence-corrected chi connectivity index (χ2v) is 4.94. The predicted octanol–water partition coefficient (Wildman–Crippen LogP) is 3.59. The molecule has 0 aliphatic carbocycles. The number of amides is 1. The van der Waals surface area contributed by atoms with Crippen LogP contribution in [0.25, 0.3) is 0 Å². The second kappa shape index (κ2) is 5.33. The van der Waals surface area contributed by atoms with E-state index in [0.29, 0.717) is 16.9 Å². The summed E-state index contributed by atoms with van der Waals surface area (Å²) in [5.74, 6) is -0.769. The van der Waals surface area contributed by atoms with Crippen molar-refractivity contribution in [2.75, 3.05) is 11.1 Å². The van der Waals surface area contributed by atoms with Gasteiger partial charge in [-0.15, -0.1) is 0 Å². The van der Waals surface area contributed by atoms with Gasteiger partial charge in [-0.3, -0.25) is 4.79 Å². The molecule has 104 valence electrons. The zero-order valence-electron chi connectivity index (χ0n) is 11.8. The Morgan fingerprint density at radius 1 is 1.05 bits per heavy atom. The Morgan fingerprint density at radius 2 is 1.75 bits per heavy atom. The summed E-state index contributed by atoms with van der Waals surface area (Å²) < 4.78 is 13.2. The minimum absolute atomic E-state index is 0.323. The highest BCUT2D eigenvalue weighted by atomic mass is 19.1. The third-order valence-electron chi connectivity index (χ3n) is 3.31. The first kappa shape index (κ1) is 14.1. The molecule has 2 aromatic rings. The van der Waals surface area contributed by atoms with Crippen LogP contribution in [0.1, 0.15) is 27.0 Å². The summed E-state index contributed by atoms with van der Waals surface area (Å²) in [6.07, 6.45) is 0. The van der Waals surface area contributed by atoms with Crippen molar-refractivity contribution in [1.82, 2.24) is 0 Å². The topological polar surface area (TPSA) is 55.1 Å². The van der Waals surface area contributed by atoms with Gasteiger partial charge >= 0.3 is 0 Å². The molecule has 3 N–H and O–H groups in total. The van der Waals surface area contributed by atoms with E-state index < -0.39 is 5.82 Å². The maximum absolute atomic E-state index is 13.2. The van der Waals surface area contributed by atoms with Crippen LogP contribution >= 0.6 is 0 Å². The molecule has 0 aliphatic rings. The van der Waals surface area contributed by atoms with E-state index in [1.807, 2.05) is 19.9 Å². The van der Waals surface area contributed by atoms with Crippen molar-refractivity contribution in [2.45, 2.75) is 20.8 Å². The molecule has 0 spiro atoms. The van der Waals surface area contributed by atoms with Gasteiger partial charge in [0.15, 0.2) is 0 Å². The maximum Gasteiger partial charge on any atom is 0.256 e. The van der Waals surface area contributed by atoms with E-state index in [0.717, 1.165) is 16.7 Å². The molecule has 0 radical (unpaired) electrons. The summed E-state index contributed by atoms with van der Waals surface area (Å²) >= 11 is 0. The lowest BCUT2D eigenvalue weighted by molar-refractivity contribution is 0.102. The van der Waals surface area contributed by atoms with Crippen molar-refractivity contribution >= 4 is 17.3 Å². The monoisotopic (exact) mass is 272 g/mol. The molecule has 20 heavy (non-hydrogen) atoms. The van der Waals surface area contributed by atoms with Gasteiger partial charge < -0.3 is 11.1 Å². The van der Waals surface area contributed by atoms with Crippen LogP contribution in [0, 0.1) is 26.6 Å². The van der Waals surface area contributed by atoms with Crippen LogP contribution in [0.4, 0.5) is 15.8 Å². The fourth-order valence-electron chi connectivity index (χ4n) is 2.03. The number of rotatable bonds is 2. The second-order valence-electron chi connectivity index (χ2n) is 4.94. The van der Waals surface area contributed by atoms with Crippen LogP contribution in [0.15, 0.2) is 30.3 Å². The van der Waals surface area contributed by atoms with Gasteiger partial charge in [-0.2, -0.15) is 0 Å². The highest BCUT2D eigenvalue weighted by Crippen LogP contribution is 2.23. The number of hydrogen-bond acceptors (Lipinski definition) is 2. The summed E-state index contributed by atoms with van der Waals surface area (Å²) in [4.78, 5) is 12.2. The summed E-state index contributed by atoms with van der Waals surface area (Å²) in [7, 11) is 0. The van der Waals surface area contributed by atoms with Crippen molar-refractivity contribution in [3.8, 4) is 0 Å². The van der Waals surface area contributed by atoms with Crippen LogP contribution in [0.5, 0.6) is 0 Å². The molecule has 0 unspecified atom stereocenters. The molecule has 0 fully saturated rings. The molecule has 2 aromatic carbocycles. The van der Waals surface area contributed by atoms with Gasteiger partial charge in [-0.1, -0.05) is 12.1 Å². The van der Waals surface area contributed by atoms with Crippen molar-refractivity contribution in [3.05, 3.63) is 58.4 Å². The minimum Gasteiger partial charge on any atom is -0.398 e. The quantitative estimate of drug-likeness (QED) is 0.821. The highest BCUT2D eigenvalue weighted by molar-refractivity contribution is 6.05. The molecule has 4 heteroatoms. The number of carbonyl (C=O) groups is 1. The average molecular weight is 272 g/mol. The number of carbonyl (C=O) groups excluding carboxylic acids is 1. The van der Waals surface area contributed by atoms with E-state index in [2.05, 4.69) is 5.32 Å². The van der Waals surface area contributed by atoms with E-state index in [1.165, 1.54) is 12.1 Å². The maximum atomic E-state index is 13.2. The normalized spacial score (nSPS) is 10.4. The summed E-state index contributed by atoms with van der Waals surface area (Å²) in [6.45, 7) is 5.57. The minimum atomic E-state index is -0.430. The first-order valence-electron chi connectivity index (χ1n) is 6.32. The van der Waals surface area contributed by atoms with Gasteiger partial charge in [-0.05, 0) is 55.7 Å². The van der Waals surface area contributed by atoms with Crippen LogP contribution in [0.2, 0.25) is 0 Å². The molecule has 1 amide bonds. The van der Waals surface area contributed by atoms with Gasteiger partial charge in [0.1, 0.15) is 5.82 Å². The summed E-state index contributed by atoms with van der Waals surface area (Å²) in [5.41, 5.74) is 10.0. The number of hydrogen-bond donors (Lipinski definition) is 2. The summed E-state index contributed by atoms with van der Waals surface area (Å²) in [6, 6.07) is 7.78. The van der Waals surface area contributed by atoms with Crippen molar-refractivity contribution in [3.63, 3.8) is 0 Å². The Kier molecular flexibility index (Phi) is 3.74. The van der Waals surface area contributed by atoms with Gasteiger partial charge in [0.05, 0.1) is 0 Å². The van der Waals surface area contributed by atoms with E-state index in [-0.39, 0.29) is 5.91 Å². The number of benzene rings is 2. The number of nitrogens with two attached hydrogens (primary N) is 1. The Morgan fingerprint density at radius 3 is 2.45 bits per heavy atom. The predicted molar refractivity (Wildman–Crippen MR) is 79.4 cm³/mol. The van der Waals surface area contributed by atoms with Gasteiger partial charge in [-0.25, -0.2) is 4.39 Å². The first-order chi connectivity index (χ1) is 9.38. The molecular weight excluding hydrogens is 255 g/mol. The lowest BCUT2D eigenvalue weighted by Crippen LogP contribution is -2.15. The fourth-order valence-corrected chi connectivity index (χ4v) is 2.03. The van der Waals surface area contributed by atoms with Crippen molar-refractivity contribution in [2.24, 2.45) is 0 Å². The Hall–Kier alpha value is -2.36. The van der Waals surface area contributed by atoms with E-state index in [1.54, 1.807) is 19.1 Å². The number of nitrogen functional groups attached to an aromatic ring is 1. The van der Waals surface area contributed by atoms with Crippen molar-refractivity contribution in [1.29, 1.82) is 0 Å². The molecule has 2 rings (SSSR count). The molecule has 0 saturated carbocycles. The summed E-state index contributed by atoms with van der Waals surface area (Å²) in [5, 5.41) is 2.78. The molecular formula is C16H17FN2O. The van der Waals surface area contributed by atoms with E-state index in [4.69, 9.17) is 5.73 Å². The van der Waals surface area contributed by atoms with Gasteiger partial charge in [0, 0.05) is 16.9 Å². The highest BCUT2D eigenvalue weighted by Gasteiger charge is 2.12. The first-order valence-corrected chi connectivity index (χ1v) is 6.32. The number of aryl methyl sites for hydroxylation is 3. The van der Waals surface area contributed by atoms with Crippen LogP contribution in [0.3, 0.4) is 0 Å². The van der Waals surface area contributed by atoms with E-state index in [9.17, 15) is 9.18 Å². The zero-order chi connectivity index (χ0) is 14.9. The van der Waals surface area contributed by atoms with Gasteiger partial charge in [0.2, 0.25) is 0 Å². The van der Waals surface area contributed by atoms with Crippen LogP contribution < -0.4 is 11.1 Å².